The molecule has 0 bridgehead atoms. The van der Waals surface area contributed by atoms with E-state index in [1.54, 1.807) is 26.2 Å². The van der Waals surface area contributed by atoms with Gasteiger partial charge in [0.25, 0.3) is 0 Å². The number of nitrogens with zero attached hydrogens (tertiary/aromatic N) is 6. The van der Waals surface area contributed by atoms with Gasteiger partial charge in [0.05, 0.1) is 23.8 Å². The molecule has 3 heterocycles. The molecule has 0 amide bonds. The van der Waals surface area contributed by atoms with Crippen LogP contribution in [-0.2, 0) is 12.0 Å². The lowest BCUT2D eigenvalue weighted by molar-refractivity contribution is 0.0734. The molecule has 1 atom stereocenters. The van der Waals surface area contributed by atoms with Crippen molar-refractivity contribution < 1.29 is 5.11 Å². The average Bonchev–Trinajstić information content (AvgIpc) is 2.77. The second-order valence-corrected chi connectivity index (χ2v) is 9.46. The number of hydrogen-bond acceptors (Lipinski definition) is 7. The van der Waals surface area contributed by atoms with E-state index in [4.69, 9.17) is 0 Å². The molecule has 1 N–H and O–H groups in total. The smallest absolute Gasteiger partial charge is 0.154 e. The van der Waals surface area contributed by atoms with E-state index < -0.39 is 5.60 Å². The molecule has 2 aliphatic rings. The molecule has 1 saturated heterocycles. The van der Waals surface area contributed by atoms with Crippen LogP contribution < -0.4 is 9.80 Å². The zero-order chi connectivity index (χ0) is 22.9. The van der Waals surface area contributed by atoms with Crippen LogP contribution in [0.15, 0.2) is 36.2 Å². The van der Waals surface area contributed by atoms with Gasteiger partial charge >= 0.3 is 0 Å². The molecule has 4 rings (SSSR count). The molecule has 1 aliphatic carbocycles. The Bertz CT molecular complexity index is 1020. The van der Waals surface area contributed by atoms with Crippen LogP contribution in [0.25, 0.3) is 0 Å². The lowest BCUT2D eigenvalue weighted by Gasteiger charge is -2.41. The van der Waals surface area contributed by atoms with Gasteiger partial charge in [-0.2, -0.15) is 5.10 Å². The summed E-state index contributed by atoms with van der Waals surface area (Å²) in [5.41, 5.74) is 4.44. The van der Waals surface area contributed by atoms with Gasteiger partial charge in [-0.25, -0.2) is 4.98 Å². The number of aliphatic hydroxyl groups is 1. The van der Waals surface area contributed by atoms with E-state index in [1.807, 2.05) is 0 Å². The molecule has 0 aromatic carbocycles. The zero-order valence-corrected chi connectivity index (χ0v) is 19.8. The Hall–Kier alpha value is -2.80. The van der Waals surface area contributed by atoms with Crippen LogP contribution in [0.5, 0.6) is 0 Å². The normalized spacial score (nSPS) is 19.3. The zero-order valence-electron chi connectivity index (χ0n) is 19.8. The lowest BCUT2D eigenvalue weighted by Crippen LogP contribution is -2.53. The maximum Gasteiger partial charge on any atom is 0.154 e. The number of hydrogen-bond donors (Lipinski definition) is 1. The molecule has 2 aromatic heterocycles. The summed E-state index contributed by atoms with van der Waals surface area (Å²) in [6, 6.07) is 0.254. The maximum atomic E-state index is 10.1. The Labute approximate surface area is 190 Å². The summed E-state index contributed by atoms with van der Waals surface area (Å²) in [7, 11) is 0. The van der Waals surface area contributed by atoms with E-state index >= 15 is 0 Å². The van der Waals surface area contributed by atoms with E-state index in [1.165, 1.54) is 16.7 Å². The standard InChI is InChI=1S/C25H34N6O/c1-17-16-30(11-12-31(17)23-15-26-22(14-27-23)25(4,5)32)24-19(3)18(2)21(28-29-24)13-20-9-7-6-8-10-20/h7,9-10,14-15,17,32H,6,8,11-13,16H2,1-5H3/t17-/m0/s1. The maximum absolute atomic E-state index is 10.1. The monoisotopic (exact) mass is 434 g/mol. The summed E-state index contributed by atoms with van der Waals surface area (Å²) in [6.07, 6.45) is 13.3. The number of rotatable bonds is 5. The summed E-state index contributed by atoms with van der Waals surface area (Å²) in [6.45, 7) is 12.5. The molecular weight excluding hydrogens is 400 g/mol. The number of allylic oxidation sites excluding steroid dienone is 4. The molecule has 7 nitrogen and oxygen atoms in total. The summed E-state index contributed by atoms with van der Waals surface area (Å²) in [5.74, 6) is 1.82. The van der Waals surface area contributed by atoms with Gasteiger partial charge in [0, 0.05) is 32.1 Å². The minimum Gasteiger partial charge on any atom is -0.384 e. The van der Waals surface area contributed by atoms with Crippen LogP contribution in [0.3, 0.4) is 0 Å². The van der Waals surface area contributed by atoms with E-state index in [9.17, 15) is 5.11 Å². The first-order valence-corrected chi connectivity index (χ1v) is 11.5. The molecule has 32 heavy (non-hydrogen) atoms. The van der Waals surface area contributed by atoms with Crippen molar-refractivity contribution in [1.82, 2.24) is 20.2 Å². The summed E-state index contributed by atoms with van der Waals surface area (Å²) in [5, 5.41) is 19.4. The highest BCUT2D eigenvalue weighted by Crippen LogP contribution is 2.27. The highest BCUT2D eigenvalue weighted by molar-refractivity contribution is 5.53. The quantitative estimate of drug-likeness (QED) is 0.770. The largest absolute Gasteiger partial charge is 0.384 e. The fraction of sp³-hybridized carbons (Fsp3) is 0.520. The Morgan fingerprint density at radius 3 is 2.50 bits per heavy atom. The lowest BCUT2D eigenvalue weighted by atomic mass is 9.99. The van der Waals surface area contributed by atoms with Gasteiger partial charge in [-0.3, -0.25) is 4.98 Å². The topological polar surface area (TPSA) is 78.3 Å². The third-order valence-electron chi connectivity index (χ3n) is 6.53. The van der Waals surface area contributed by atoms with Crippen LogP contribution >= 0.6 is 0 Å². The van der Waals surface area contributed by atoms with Crippen molar-refractivity contribution in [2.75, 3.05) is 29.4 Å². The molecule has 0 saturated carbocycles. The van der Waals surface area contributed by atoms with Crippen molar-refractivity contribution in [2.45, 2.75) is 65.5 Å². The predicted octanol–water partition coefficient (Wildman–Crippen LogP) is 3.64. The fourth-order valence-electron chi connectivity index (χ4n) is 4.38. The van der Waals surface area contributed by atoms with Crippen LogP contribution in [0.2, 0.25) is 0 Å². The average molecular weight is 435 g/mol. The van der Waals surface area contributed by atoms with Gasteiger partial charge < -0.3 is 14.9 Å². The van der Waals surface area contributed by atoms with Gasteiger partial charge in [-0.1, -0.05) is 18.2 Å². The molecule has 1 aliphatic heterocycles. The molecule has 7 heteroatoms. The van der Waals surface area contributed by atoms with Gasteiger partial charge in [-0.05, 0) is 64.2 Å². The van der Waals surface area contributed by atoms with Crippen LogP contribution in [0.1, 0.15) is 56.1 Å². The van der Waals surface area contributed by atoms with E-state index in [0.717, 1.165) is 56.2 Å². The highest BCUT2D eigenvalue weighted by atomic mass is 16.3. The third-order valence-corrected chi connectivity index (χ3v) is 6.53. The van der Waals surface area contributed by atoms with Crippen molar-refractivity contribution >= 4 is 11.6 Å². The molecule has 0 unspecified atom stereocenters. The third kappa shape index (κ3) is 4.67. The van der Waals surface area contributed by atoms with Crippen LogP contribution in [0.4, 0.5) is 11.6 Å². The first kappa shape index (κ1) is 22.4. The first-order valence-electron chi connectivity index (χ1n) is 11.5. The van der Waals surface area contributed by atoms with E-state index in [0.29, 0.717) is 5.69 Å². The van der Waals surface area contributed by atoms with Crippen molar-refractivity contribution in [2.24, 2.45) is 0 Å². The Morgan fingerprint density at radius 2 is 1.88 bits per heavy atom. The molecule has 0 spiro atoms. The van der Waals surface area contributed by atoms with Crippen molar-refractivity contribution in [1.29, 1.82) is 0 Å². The Kier molecular flexibility index (Phi) is 6.29. The van der Waals surface area contributed by atoms with Gasteiger partial charge in [0.15, 0.2) is 5.82 Å². The van der Waals surface area contributed by atoms with Crippen molar-refractivity contribution in [3.05, 3.63) is 58.7 Å². The number of aromatic nitrogens is 4. The number of piperazine rings is 1. The minimum atomic E-state index is -0.986. The summed E-state index contributed by atoms with van der Waals surface area (Å²) in [4.78, 5) is 13.6. The van der Waals surface area contributed by atoms with Crippen molar-refractivity contribution in [3.63, 3.8) is 0 Å². The van der Waals surface area contributed by atoms with Crippen molar-refractivity contribution in [3.8, 4) is 0 Å². The first-order chi connectivity index (χ1) is 15.2. The highest BCUT2D eigenvalue weighted by Gasteiger charge is 2.28. The Morgan fingerprint density at radius 1 is 1.06 bits per heavy atom. The number of anilines is 2. The molecule has 2 aromatic rings. The van der Waals surface area contributed by atoms with Crippen LogP contribution in [0, 0.1) is 13.8 Å². The van der Waals surface area contributed by atoms with Gasteiger partial charge in [0.1, 0.15) is 11.4 Å². The summed E-state index contributed by atoms with van der Waals surface area (Å²) < 4.78 is 0. The molecule has 1 fully saturated rings. The summed E-state index contributed by atoms with van der Waals surface area (Å²) >= 11 is 0. The fourth-order valence-corrected chi connectivity index (χ4v) is 4.38. The van der Waals surface area contributed by atoms with Gasteiger partial charge in [-0.15, -0.1) is 5.10 Å². The van der Waals surface area contributed by atoms with Crippen LogP contribution in [-0.4, -0.2) is 50.9 Å². The minimum absolute atomic E-state index is 0.254. The van der Waals surface area contributed by atoms with E-state index in [2.05, 4.69) is 69.0 Å². The molecule has 170 valence electrons. The molecule has 0 radical (unpaired) electrons. The Balaban J connectivity index is 1.46. The second-order valence-electron chi connectivity index (χ2n) is 9.46. The SMILES string of the molecule is Cc1c(CC2=CCCC=C2)nnc(N2CCN(c3cnc(C(C)(C)O)cn3)[C@@H](C)C2)c1C. The predicted molar refractivity (Wildman–Crippen MR) is 128 cm³/mol. The second kappa shape index (κ2) is 8.98. The van der Waals surface area contributed by atoms with E-state index in [-0.39, 0.29) is 6.04 Å². The van der Waals surface area contributed by atoms with Gasteiger partial charge in [0.2, 0.25) is 0 Å². The molecular formula is C25H34N6O.